The number of rotatable bonds is 2. The molecule has 0 N–H and O–H groups in total. The van der Waals surface area contributed by atoms with Crippen LogP contribution in [0.25, 0.3) is 0 Å². The molecule has 1 aliphatic rings. The van der Waals surface area contributed by atoms with Gasteiger partial charge in [-0.2, -0.15) is 0 Å². The highest BCUT2D eigenvalue weighted by atomic mass is 29.2. The van der Waals surface area contributed by atoms with Crippen molar-refractivity contribution < 1.29 is 0 Å². The van der Waals surface area contributed by atoms with E-state index in [2.05, 4.69) is 52.3 Å². The Bertz CT molecular complexity index is 340. The Morgan fingerprint density at radius 1 is 1.50 bits per heavy atom. The molecule has 3 atom stereocenters. The Kier molecular flexibility index (Phi) is 4.02. The number of hydrogen-bond acceptors (Lipinski definition) is 0. The molecule has 0 aromatic rings. The highest BCUT2D eigenvalue weighted by Gasteiger charge is 2.51. The standard InChI is InChI=1S/C14H26Si2/c1-8-9-14(5)11-16(15(6)7)12(14)10-13(2,3)4/h12,16H,6,10-11H2,1-5,7H3. The molecule has 1 fully saturated rings. The quantitative estimate of drug-likeness (QED) is 0.521. The first kappa shape index (κ1) is 13.9. The second-order valence-electron chi connectivity index (χ2n) is 6.82. The van der Waals surface area contributed by atoms with Gasteiger partial charge in [-0.3, -0.25) is 0 Å². The molecule has 0 saturated carbocycles. The van der Waals surface area contributed by atoms with Gasteiger partial charge in [0.05, 0.1) is 8.31 Å². The van der Waals surface area contributed by atoms with Crippen LogP contribution in [0.2, 0.25) is 18.1 Å². The zero-order valence-corrected chi connectivity index (χ0v) is 13.9. The molecular weight excluding hydrogens is 224 g/mol. The molecule has 1 aliphatic heterocycles. The first-order chi connectivity index (χ1) is 7.19. The van der Waals surface area contributed by atoms with Crippen LogP contribution in [0.3, 0.4) is 0 Å². The van der Waals surface area contributed by atoms with Crippen molar-refractivity contribution in [3.63, 3.8) is 0 Å². The summed E-state index contributed by atoms with van der Waals surface area (Å²) in [4.78, 5) is 0. The first-order valence-electron chi connectivity index (χ1n) is 6.29. The van der Waals surface area contributed by atoms with Gasteiger partial charge in [0.25, 0.3) is 0 Å². The van der Waals surface area contributed by atoms with Gasteiger partial charge in [0.2, 0.25) is 0 Å². The third kappa shape index (κ3) is 2.95. The highest BCUT2D eigenvalue weighted by molar-refractivity contribution is 7.23. The van der Waals surface area contributed by atoms with Crippen molar-refractivity contribution in [3.05, 3.63) is 0 Å². The minimum absolute atomic E-state index is 0.263. The maximum absolute atomic E-state index is 4.38. The molecule has 2 heteroatoms. The molecule has 3 unspecified atom stereocenters. The van der Waals surface area contributed by atoms with Gasteiger partial charge in [0, 0.05) is 5.41 Å². The second-order valence-corrected chi connectivity index (χ2v) is 16.1. The monoisotopic (exact) mass is 250 g/mol. The molecule has 0 nitrogen and oxygen atoms in total. The van der Waals surface area contributed by atoms with Crippen molar-refractivity contribution in [2.45, 2.75) is 59.2 Å². The van der Waals surface area contributed by atoms with Crippen molar-refractivity contribution in [2.24, 2.45) is 10.8 Å². The lowest BCUT2D eigenvalue weighted by Gasteiger charge is -2.52. The van der Waals surface area contributed by atoms with Crippen LogP contribution in [0.1, 0.15) is 41.0 Å². The van der Waals surface area contributed by atoms with Crippen LogP contribution >= 0.6 is 0 Å². The van der Waals surface area contributed by atoms with Gasteiger partial charge in [-0.1, -0.05) is 33.2 Å². The van der Waals surface area contributed by atoms with E-state index in [9.17, 15) is 0 Å². The molecule has 0 aliphatic carbocycles. The Morgan fingerprint density at radius 3 is 2.44 bits per heavy atom. The van der Waals surface area contributed by atoms with Crippen LogP contribution < -0.4 is 0 Å². The summed E-state index contributed by atoms with van der Waals surface area (Å²) in [6.45, 7) is 13.9. The van der Waals surface area contributed by atoms with Crippen LogP contribution in [0.15, 0.2) is 0 Å². The van der Waals surface area contributed by atoms with Gasteiger partial charge in [0.1, 0.15) is 0 Å². The second kappa shape index (κ2) is 4.62. The average Bonchev–Trinajstić information content (AvgIpc) is 2.10. The van der Waals surface area contributed by atoms with E-state index in [4.69, 9.17) is 0 Å². The average molecular weight is 251 g/mol. The van der Waals surface area contributed by atoms with Crippen LogP contribution in [0.4, 0.5) is 0 Å². The summed E-state index contributed by atoms with van der Waals surface area (Å²) < 4.78 is 0. The number of hydrogen-bond donors (Lipinski definition) is 0. The van der Waals surface area contributed by atoms with Crippen molar-refractivity contribution >= 4 is 22.4 Å². The summed E-state index contributed by atoms with van der Waals surface area (Å²) in [6.07, 6.45) is 5.74. The first-order valence-corrected chi connectivity index (χ1v) is 11.8. The van der Waals surface area contributed by atoms with Crippen molar-refractivity contribution in [1.29, 1.82) is 0 Å². The zero-order valence-electron chi connectivity index (χ0n) is 11.8. The molecule has 0 spiro atoms. The van der Waals surface area contributed by atoms with Crippen molar-refractivity contribution in [2.75, 3.05) is 0 Å². The van der Waals surface area contributed by atoms with Crippen molar-refractivity contribution in [3.8, 4) is 11.8 Å². The van der Waals surface area contributed by atoms with E-state index in [0.717, 1.165) is 5.54 Å². The normalized spacial score (nSPS) is 33.6. The molecule has 1 saturated heterocycles. The maximum atomic E-state index is 4.38. The minimum Gasteiger partial charge on any atom is -0.121 e. The van der Waals surface area contributed by atoms with Gasteiger partial charge >= 0.3 is 0 Å². The lowest BCUT2D eigenvalue weighted by Crippen LogP contribution is -2.53. The highest BCUT2D eigenvalue weighted by Crippen LogP contribution is 2.55. The molecule has 0 bridgehead atoms. The SMILES string of the molecule is C=[Si](C)[SiH]1CC(C)(C#CC)C1CC(C)(C)C. The lowest BCUT2D eigenvalue weighted by molar-refractivity contribution is 0.277. The molecule has 90 valence electrons. The largest absolute Gasteiger partial charge is 0.121 e. The third-order valence-corrected chi connectivity index (χ3v) is 13.9. The van der Waals surface area contributed by atoms with E-state index < -0.39 is 8.31 Å². The van der Waals surface area contributed by atoms with Gasteiger partial charge in [-0.25, -0.2) is 0 Å². The molecule has 0 amide bonds. The van der Waals surface area contributed by atoms with Gasteiger partial charge in [-0.15, -0.1) is 12.1 Å². The Labute approximate surface area is 104 Å². The van der Waals surface area contributed by atoms with E-state index in [1.165, 1.54) is 12.5 Å². The van der Waals surface area contributed by atoms with Crippen LogP contribution in [0.5, 0.6) is 0 Å². The molecule has 16 heavy (non-hydrogen) atoms. The Balaban J connectivity index is 2.85. The summed E-state index contributed by atoms with van der Waals surface area (Å²) in [7, 11) is -0.820. The third-order valence-electron chi connectivity index (χ3n) is 3.82. The van der Waals surface area contributed by atoms with Crippen LogP contribution in [-0.2, 0) is 0 Å². The van der Waals surface area contributed by atoms with Crippen LogP contribution in [0, 0.1) is 22.7 Å². The summed E-state index contributed by atoms with van der Waals surface area (Å²) in [5, 5.41) is 0. The summed E-state index contributed by atoms with van der Waals surface area (Å²) in [5.74, 6) is 6.64. The molecule has 0 aromatic heterocycles. The van der Waals surface area contributed by atoms with Crippen LogP contribution in [-0.4, -0.2) is 22.4 Å². The van der Waals surface area contributed by atoms with E-state index in [1.54, 1.807) is 0 Å². The predicted octanol–water partition coefficient (Wildman–Crippen LogP) is 3.28. The van der Waals surface area contributed by atoms with E-state index >= 15 is 0 Å². The fourth-order valence-electron chi connectivity index (χ4n) is 3.01. The molecule has 1 heterocycles. The Morgan fingerprint density at radius 2 is 2.06 bits per heavy atom. The molecule has 0 radical (unpaired) electrons. The molecule has 0 aromatic carbocycles. The predicted molar refractivity (Wildman–Crippen MR) is 80.1 cm³/mol. The fourth-order valence-corrected chi connectivity index (χ4v) is 13.1. The molecule has 1 rings (SSSR count). The van der Waals surface area contributed by atoms with E-state index in [1.807, 2.05) is 6.92 Å². The lowest BCUT2D eigenvalue weighted by atomic mass is 9.78. The minimum atomic E-state index is -0.557. The van der Waals surface area contributed by atoms with E-state index in [0.29, 0.717) is 10.8 Å². The zero-order chi connectivity index (χ0) is 12.6. The summed E-state index contributed by atoms with van der Waals surface area (Å²) in [6, 6.07) is 1.42. The smallest absolute Gasteiger partial charge is 0.0533 e. The van der Waals surface area contributed by atoms with Gasteiger partial charge < -0.3 is 0 Å². The summed E-state index contributed by atoms with van der Waals surface area (Å²) >= 11 is 0. The van der Waals surface area contributed by atoms with Gasteiger partial charge in [0.15, 0.2) is 0 Å². The summed E-state index contributed by atoms with van der Waals surface area (Å²) in [5.41, 5.74) is 1.70. The molecular formula is C14H26Si2. The van der Waals surface area contributed by atoms with E-state index in [-0.39, 0.29) is 7.93 Å². The Hall–Kier alpha value is -0.136. The fraction of sp³-hybridized carbons (Fsp3) is 0.786. The van der Waals surface area contributed by atoms with Gasteiger partial charge in [-0.05, 0) is 45.2 Å². The maximum Gasteiger partial charge on any atom is 0.0533 e. The van der Waals surface area contributed by atoms with Crippen molar-refractivity contribution in [1.82, 2.24) is 0 Å². The topological polar surface area (TPSA) is 0 Å².